The molecule has 25 heavy (non-hydrogen) atoms. The second kappa shape index (κ2) is 7.65. The Kier molecular flexibility index (Phi) is 5.33. The van der Waals surface area contributed by atoms with Gasteiger partial charge in [-0.05, 0) is 25.1 Å². The minimum absolute atomic E-state index is 0.0795. The van der Waals surface area contributed by atoms with E-state index in [2.05, 4.69) is 32.3 Å². The molecule has 134 valence electrons. The summed E-state index contributed by atoms with van der Waals surface area (Å²) in [7, 11) is 0. The van der Waals surface area contributed by atoms with Crippen molar-refractivity contribution in [2.75, 3.05) is 38.0 Å². The molecule has 7 heteroatoms. The number of hydrogen-bond donors (Lipinski definition) is 2. The topological polar surface area (TPSA) is 77.0 Å². The van der Waals surface area contributed by atoms with Crippen LogP contribution in [-0.2, 0) is 9.59 Å². The van der Waals surface area contributed by atoms with Crippen LogP contribution in [0.15, 0.2) is 29.3 Å². The lowest BCUT2D eigenvalue weighted by Crippen LogP contribution is -2.56. The summed E-state index contributed by atoms with van der Waals surface area (Å²) in [4.78, 5) is 33.5. The number of aryl methyl sites for hydroxylation is 1. The molecular formula is C18H25N5O2. The molecule has 0 aromatic heterocycles. The molecule has 0 radical (unpaired) electrons. The second-order valence-electron chi connectivity index (χ2n) is 6.45. The number of para-hydroxylation sites is 1. The van der Waals surface area contributed by atoms with Crippen molar-refractivity contribution in [3.05, 3.63) is 29.8 Å². The Balaban J connectivity index is 1.69. The van der Waals surface area contributed by atoms with Gasteiger partial charge in [0.25, 0.3) is 0 Å². The average Bonchev–Trinajstić information content (AvgIpc) is 2.63. The molecule has 1 aromatic carbocycles. The molecule has 2 amide bonds. The van der Waals surface area contributed by atoms with Crippen molar-refractivity contribution in [1.82, 2.24) is 15.1 Å². The van der Waals surface area contributed by atoms with Gasteiger partial charge in [-0.25, -0.2) is 4.99 Å². The molecule has 2 aliphatic rings. The van der Waals surface area contributed by atoms with Crippen molar-refractivity contribution in [2.24, 2.45) is 4.99 Å². The van der Waals surface area contributed by atoms with Crippen LogP contribution in [0.3, 0.4) is 0 Å². The van der Waals surface area contributed by atoms with Crippen molar-refractivity contribution < 1.29 is 9.59 Å². The number of aliphatic imine (C=N–C) groups is 1. The van der Waals surface area contributed by atoms with E-state index in [1.54, 1.807) is 0 Å². The number of amides is 2. The molecule has 0 aliphatic carbocycles. The number of nitrogens with one attached hydrogen (secondary N) is 2. The van der Waals surface area contributed by atoms with E-state index in [-0.39, 0.29) is 18.2 Å². The van der Waals surface area contributed by atoms with Crippen molar-refractivity contribution in [3.63, 3.8) is 0 Å². The molecule has 2 aliphatic heterocycles. The normalized spacial score (nSPS) is 21.5. The van der Waals surface area contributed by atoms with Gasteiger partial charge in [0.2, 0.25) is 17.8 Å². The highest BCUT2D eigenvalue weighted by atomic mass is 16.2. The molecule has 0 saturated carbocycles. The minimum Gasteiger partial charge on any atom is -0.340 e. The predicted octanol–water partition coefficient (Wildman–Crippen LogP) is 0.816. The van der Waals surface area contributed by atoms with Crippen LogP contribution in [0.1, 0.15) is 18.9 Å². The van der Waals surface area contributed by atoms with E-state index in [9.17, 15) is 9.59 Å². The predicted molar refractivity (Wildman–Crippen MR) is 97.5 cm³/mol. The Bertz CT molecular complexity index is 680. The van der Waals surface area contributed by atoms with Gasteiger partial charge in [0.05, 0.1) is 6.42 Å². The van der Waals surface area contributed by atoms with Gasteiger partial charge in [-0.2, -0.15) is 0 Å². The molecule has 2 N–H and O–H groups in total. The highest BCUT2D eigenvalue weighted by Crippen LogP contribution is 2.16. The highest BCUT2D eigenvalue weighted by Gasteiger charge is 2.30. The lowest BCUT2D eigenvalue weighted by atomic mass is 10.1. The minimum atomic E-state index is -0.687. The van der Waals surface area contributed by atoms with Crippen LogP contribution < -0.4 is 10.6 Å². The summed E-state index contributed by atoms with van der Waals surface area (Å²) in [6, 6.07) is 6.90. The Morgan fingerprint density at radius 3 is 2.68 bits per heavy atom. The molecule has 0 unspecified atom stereocenters. The van der Waals surface area contributed by atoms with Crippen molar-refractivity contribution in [1.29, 1.82) is 0 Å². The zero-order valence-electron chi connectivity index (χ0n) is 14.8. The van der Waals surface area contributed by atoms with Gasteiger partial charge in [0, 0.05) is 31.9 Å². The number of carbonyl (C=O) groups excluding carboxylic acids is 2. The maximum absolute atomic E-state index is 12.6. The number of nitrogens with zero attached hydrogens (tertiary/aromatic N) is 3. The maximum atomic E-state index is 12.6. The number of benzene rings is 1. The molecule has 7 nitrogen and oxygen atoms in total. The molecule has 1 fully saturated rings. The van der Waals surface area contributed by atoms with Crippen LogP contribution in [0, 0.1) is 6.92 Å². The summed E-state index contributed by atoms with van der Waals surface area (Å²) < 4.78 is 0. The molecular weight excluding hydrogens is 318 g/mol. The van der Waals surface area contributed by atoms with Crippen molar-refractivity contribution in [3.8, 4) is 0 Å². The van der Waals surface area contributed by atoms with E-state index in [4.69, 9.17) is 0 Å². The SMILES string of the molecule is CCN1CCN(C2=N[C@H](C(=O)Nc3ccccc3C)CC(=O)N2)CC1. The van der Waals surface area contributed by atoms with Crippen LogP contribution in [0.5, 0.6) is 0 Å². The third-order valence-electron chi connectivity index (χ3n) is 4.73. The van der Waals surface area contributed by atoms with E-state index >= 15 is 0 Å². The van der Waals surface area contributed by atoms with Gasteiger partial charge in [0.15, 0.2) is 0 Å². The summed E-state index contributed by atoms with van der Waals surface area (Å²) >= 11 is 0. The third-order valence-corrected chi connectivity index (χ3v) is 4.73. The number of rotatable bonds is 3. The Morgan fingerprint density at radius 2 is 2.00 bits per heavy atom. The van der Waals surface area contributed by atoms with E-state index in [0.29, 0.717) is 5.96 Å². The third kappa shape index (κ3) is 4.17. The fraction of sp³-hybridized carbons (Fsp3) is 0.500. The first-order valence-corrected chi connectivity index (χ1v) is 8.78. The van der Waals surface area contributed by atoms with E-state index in [1.807, 2.05) is 31.2 Å². The Hall–Kier alpha value is -2.41. The summed E-state index contributed by atoms with van der Waals surface area (Å²) in [6.07, 6.45) is 0.0795. The molecule has 1 aromatic rings. The first-order chi connectivity index (χ1) is 12.1. The van der Waals surface area contributed by atoms with Crippen molar-refractivity contribution >= 4 is 23.5 Å². The largest absolute Gasteiger partial charge is 0.340 e. The second-order valence-corrected chi connectivity index (χ2v) is 6.45. The number of likely N-dealkylation sites (N-methyl/N-ethyl adjacent to an activating group) is 1. The fourth-order valence-electron chi connectivity index (χ4n) is 3.09. The molecule has 3 rings (SSSR count). The lowest BCUT2D eigenvalue weighted by Gasteiger charge is -2.37. The highest BCUT2D eigenvalue weighted by molar-refractivity contribution is 6.06. The standard InChI is InChI=1S/C18H25N5O2/c1-3-22-8-10-23(11-9-22)18-20-15(12-16(24)21-18)17(25)19-14-7-5-4-6-13(14)2/h4-7,15H,3,8-12H2,1-2H3,(H,19,25)(H,20,21,24)/t15-/m0/s1. The zero-order valence-corrected chi connectivity index (χ0v) is 14.8. The quantitative estimate of drug-likeness (QED) is 0.852. The van der Waals surface area contributed by atoms with Gasteiger partial charge >= 0.3 is 0 Å². The maximum Gasteiger partial charge on any atom is 0.249 e. The first-order valence-electron chi connectivity index (χ1n) is 8.78. The average molecular weight is 343 g/mol. The Morgan fingerprint density at radius 1 is 1.28 bits per heavy atom. The number of hydrogen-bond acceptors (Lipinski definition) is 5. The first kappa shape index (κ1) is 17.4. The summed E-state index contributed by atoms with van der Waals surface area (Å²) in [6.45, 7) is 8.58. The van der Waals surface area contributed by atoms with E-state index in [0.717, 1.165) is 44.0 Å². The number of carbonyl (C=O) groups is 2. The van der Waals surface area contributed by atoms with Crippen LogP contribution in [0.25, 0.3) is 0 Å². The van der Waals surface area contributed by atoms with E-state index in [1.165, 1.54) is 0 Å². The summed E-state index contributed by atoms with van der Waals surface area (Å²) in [5.74, 6) is 0.124. The number of anilines is 1. The number of piperazine rings is 1. The van der Waals surface area contributed by atoms with Gasteiger partial charge in [-0.1, -0.05) is 25.1 Å². The monoisotopic (exact) mass is 343 g/mol. The Labute approximate surface area is 148 Å². The van der Waals surface area contributed by atoms with Gasteiger partial charge in [-0.15, -0.1) is 0 Å². The van der Waals surface area contributed by atoms with Crippen LogP contribution in [0.2, 0.25) is 0 Å². The fourth-order valence-corrected chi connectivity index (χ4v) is 3.09. The summed E-state index contributed by atoms with van der Waals surface area (Å²) in [5.41, 5.74) is 1.74. The van der Waals surface area contributed by atoms with E-state index < -0.39 is 6.04 Å². The molecule has 1 atom stereocenters. The van der Waals surface area contributed by atoms with Crippen molar-refractivity contribution in [2.45, 2.75) is 26.3 Å². The smallest absolute Gasteiger partial charge is 0.249 e. The molecule has 0 spiro atoms. The molecule has 0 bridgehead atoms. The van der Waals surface area contributed by atoms with Crippen LogP contribution in [-0.4, -0.2) is 66.3 Å². The summed E-state index contributed by atoms with van der Waals surface area (Å²) in [5, 5.41) is 5.70. The van der Waals surface area contributed by atoms with Crippen LogP contribution >= 0.6 is 0 Å². The van der Waals surface area contributed by atoms with Gasteiger partial charge in [-0.3, -0.25) is 14.9 Å². The zero-order chi connectivity index (χ0) is 17.8. The molecule has 1 saturated heterocycles. The van der Waals surface area contributed by atoms with Gasteiger partial charge < -0.3 is 15.1 Å². The molecule has 2 heterocycles. The van der Waals surface area contributed by atoms with Crippen LogP contribution in [0.4, 0.5) is 5.69 Å². The van der Waals surface area contributed by atoms with Gasteiger partial charge in [0.1, 0.15) is 6.04 Å². The number of guanidine groups is 1. The lowest BCUT2D eigenvalue weighted by molar-refractivity contribution is -0.125.